The second-order valence-electron chi connectivity index (χ2n) is 25.9. The third-order valence-electron chi connectivity index (χ3n) is 17.8. The minimum atomic E-state index is -2.45. The van der Waals surface area contributed by atoms with Crippen molar-refractivity contribution in [1.82, 2.24) is 0 Å². The van der Waals surface area contributed by atoms with Crippen LogP contribution in [0.1, 0.15) is 228 Å². The van der Waals surface area contributed by atoms with Gasteiger partial charge < -0.3 is 4.43 Å². The molecule has 414 valence electrons. The van der Waals surface area contributed by atoms with E-state index < -0.39 is 46.0 Å². The van der Waals surface area contributed by atoms with Gasteiger partial charge in [0.25, 0.3) is 0 Å². The zero-order valence-corrected chi connectivity index (χ0v) is 54.5. The third kappa shape index (κ3) is 17.2. The van der Waals surface area contributed by atoms with Crippen molar-refractivity contribution in [2.75, 3.05) is 20.3 Å². The van der Waals surface area contributed by atoms with Crippen LogP contribution >= 0.6 is 0 Å². The minimum Gasteiger partial charge on any atom is -0.0496 e. The summed E-state index contributed by atoms with van der Waals surface area (Å²) in [6.45, 7) is 44.9. The first-order valence-corrected chi connectivity index (χ1v) is 41.8. The van der Waals surface area contributed by atoms with Crippen molar-refractivity contribution in [2.45, 2.75) is 333 Å². The first-order chi connectivity index (χ1) is 32.8. The molecule has 9 nitrogen and oxygen atoms in total. The van der Waals surface area contributed by atoms with Crippen molar-refractivity contribution < 1.29 is 42.1 Å². The maximum absolute atomic E-state index is 12.9. The zero-order chi connectivity index (χ0) is 52.7. The summed E-state index contributed by atoms with van der Waals surface area (Å²) in [5.41, 5.74) is 1.97. The Morgan fingerprint density at radius 2 is 1.21 bits per heavy atom. The van der Waals surface area contributed by atoms with Crippen LogP contribution in [0.15, 0.2) is 0 Å². The number of fused-ring (bicyclic) bond motifs is 2. The van der Waals surface area contributed by atoms with Crippen LogP contribution in [-0.2, 0) is 42.1 Å². The summed E-state index contributed by atoms with van der Waals surface area (Å²) < 4.78 is 62.3. The molecule has 0 radical (unpaired) electrons. The molecule has 3 aliphatic heterocycles. The summed E-state index contributed by atoms with van der Waals surface area (Å²) in [6, 6.07) is 0. The third-order valence-corrected chi connectivity index (χ3v) is 46.0. The number of esters is 1. The molecule has 3 saturated heterocycles. The molecule has 3 fully saturated rings. The number of carbonyl (C=O) groups is 1. The molecule has 0 bridgehead atoms. The maximum atomic E-state index is 12.9. The smallest absolute Gasteiger partial charge is 0.0496 e. The summed E-state index contributed by atoms with van der Waals surface area (Å²) in [4.78, 5) is 12.9. The van der Waals surface area contributed by atoms with Gasteiger partial charge in [-0.1, -0.05) is 83.1 Å². The van der Waals surface area contributed by atoms with E-state index in [-0.39, 0.29) is 55.0 Å². The Morgan fingerprint density at radius 3 is 1.70 bits per heavy atom. The molecular weight excluding hydrogens is 1020 g/mol. The average molecular weight is 1130 g/mol. The molecule has 0 spiro atoms. The van der Waals surface area contributed by atoms with Gasteiger partial charge in [-0.05, 0) is 66.9 Å². The Morgan fingerprint density at radius 1 is 0.686 bits per heavy atom. The molecule has 0 aromatic heterocycles. The first-order valence-electron chi connectivity index (χ1n) is 29.5. The van der Waals surface area contributed by atoms with Crippen LogP contribution in [0.5, 0.6) is 0 Å². The number of unbranched alkanes of at least 4 members (excludes halogenated alkanes) is 3. The van der Waals surface area contributed by atoms with Crippen LogP contribution < -0.4 is 0 Å². The zero-order valence-electron chi connectivity index (χ0n) is 49.6. The predicted octanol–water partition coefficient (Wildman–Crippen LogP) is 16.7. The van der Waals surface area contributed by atoms with E-state index in [1.54, 1.807) is 0 Å². The van der Waals surface area contributed by atoms with E-state index >= 15 is 0 Å². The van der Waals surface area contributed by atoms with Crippen LogP contribution in [-0.4, -0.2) is 116 Å². The van der Waals surface area contributed by atoms with Gasteiger partial charge in [-0.2, -0.15) is 0 Å². The van der Waals surface area contributed by atoms with Gasteiger partial charge >= 0.3 is 265 Å². The summed E-state index contributed by atoms with van der Waals surface area (Å²) in [5.74, 6) is -0.169. The molecule has 1 unspecified atom stereocenters. The van der Waals surface area contributed by atoms with E-state index in [1.807, 2.05) is 27.9 Å². The Labute approximate surface area is 439 Å². The summed E-state index contributed by atoms with van der Waals surface area (Å²) >= 11 is -2.45. The first kappa shape index (κ1) is 64.7. The second kappa shape index (κ2) is 29.8. The van der Waals surface area contributed by atoms with Gasteiger partial charge in [0.05, 0.1) is 0 Å². The summed E-state index contributed by atoms with van der Waals surface area (Å²) in [5, 5.41) is 0. The van der Waals surface area contributed by atoms with E-state index in [2.05, 4.69) is 111 Å². The number of hydrogen-bond donors (Lipinski definition) is 0. The van der Waals surface area contributed by atoms with Crippen LogP contribution in [0.4, 0.5) is 0 Å². The minimum absolute atomic E-state index is 0.0521. The van der Waals surface area contributed by atoms with E-state index in [1.165, 1.54) is 56.3 Å². The van der Waals surface area contributed by atoms with Crippen molar-refractivity contribution in [3.8, 4) is 0 Å². The van der Waals surface area contributed by atoms with Crippen molar-refractivity contribution in [1.29, 1.82) is 0 Å². The van der Waals surface area contributed by atoms with Gasteiger partial charge in [0.15, 0.2) is 8.32 Å². The van der Waals surface area contributed by atoms with Crippen LogP contribution in [0.3, 0.4) is 0 Å². The van der Waals surface area contributed by atoms with Crippen LogP contribution in [0.2, 0.25) is 51.0 Å². The molecule has 0 aliphatic carbocycles. The fourth-order valence-corrected chi connectivity index (χ4v) is 41.1. The monoisotopic (exact) mass is 1130 g/mol. The Kier molecular flexibility index (Phi) is 27.6. The molecular formula is C58H116O9Si2Sn. The van der Waals surface area contributed by atoms with Gasteiger partial charge in [-0.15, -0.1) is 0 Å². The number of rotatable bonds is 32. The molecule has 3 aliphatic rings. The number of ether oxygens (including phenoxy) is 6. The fourth-order valence-electron chi connectivity index (χ4n) is 13.9. The van der Waals surface area contributed by atoms with Gasteiger partial charge in [0.1, 0.15) is 0 Å². The fraction of sp³-hybridized carbons (Fsp3) is 0.983. The van der Waals surface area contributed by atoms with Gasteiger partial charge in [-0.3, -0.25) is 0 Å². The second-order valence-corrected chi connectivity index (χ2v) is 51.0. The predicted molar refractivity (Wildman–Crippen MR) is 301 cm³/mol. The molecule has 70 heavy (non-hydrogen) atoms. The average Bonchev–Trinajstić information content (AvgIpc) is 3.41. The van der Waals surface area contributed by atoms with Gasteiger partial charge in [0.2, 0.25) is 8.32 Å². The Bertz CT molecular complexity index is 1400. The van der Waals surface area contributed by atoms with E-state index in [0.29, 0.717) is 46.3 Å². The standard InChI is InChI=1S/C46H89O9Si2.3C4H9.Sn/c1-19-42(48-18)53-38-24-25-46(17)41(52-37(38)23-21-26-49-44(47)45(14,15)16)29-39-43(54-46)40(55-57(33(8)9,34(10)11)35(12)13)28-36(51-39)22-20-27-50-56(30(2)3,31(4)5)32(6)7;3*1-3-4-2;/h30-43H,1,19-29H2,2-18H3;3*1,3-4H2,2H3;/t36-,37-,38+,39-,40+,41+,42?,43-,46-;;;;/m1..../s1. The van der Waals surface area contributed by atoms with Crippen LogP contribution in [0, 0.1) is 5.41 Å². The van der Waals surface area contributed by atoms with Crippen molar-refractivity contribution in [3.05, 3.63) is 0 Å². The molecule has 3 rings (SSSR count). The van der Waals surface area contributed by atoms with Crippen LogP contribution in [0.25, 0.3) is 0 Å². The molecule has 0 aromatic carbocycles. The molecule has 0 saturated carbocycles. The molecule has 3 heterocycles. The number of carbonyl (C=O) groups excluding carboxylic acids is 1. The quantitative estimate of drug-likeness (QED) is 0.0283. The molecule has 0 amide bonds. The van der Waals surface area contributed by atoms with Crippen molar-refractivity contribution in [3.63, 3.8) is 0 Å². The Hall–Kier alpha value is 0.422. The van der Waals surface area contributed by atoms with E-state index in [9.17, 15) is 4.79 Å². The summed E-state index contributed by atoms with van der Waals surface area (Å²) in [6.07, 6.45) is 14.2. The SMILES string of the molecule is CCC[CH2][Sn]([CH2]CCC)([CH2]CCC)[CH2]CC(OC)O[C@H]1CC[C@@]2(C)O[C@H]3[C@@H](O[Si](C(C)C)(C(C)C)C(C)C)C[C@@H](CCCO[Si](C(C)C)(C(C)C)C(C)C)O[C@@H]3C[C@@H]2O[C@@H]1CCCOC(=O)C(C)(C)C. The molecule has 9 atom stereocenters. The van der Waals surface area contributed by atoms with Gasteiger partial charge in [-0.25, -0.2) is 0 Å². The van der Waals surface area contributed by atoms with E-state index in [4.69, 9.17) is 37.3 Å². The molecule has 0 aromatic rings. The van der Waals surface area contributed by atoms with E-state index in [0.717, 1.165) is 58.0 Å². The van der Waals surface area contributed by atoms with Crippen molar-refractivity contribution >= 4 is 41.0 Å². The Balaban J connectivity index is 1.99. The molecule has 0 N–H and O–H groups in total. The summed E-state index contributed by atoms with van der Waals surface area (Å²) in [7, 11) is -2.42. The topological polar surface area (TPSA) is 90.9 Å². The normalized spacial score (nSPS) is 26.6. The number of methoxy groups -OCH3 is 1. The van der Waals surface area contributed by atoms with Crippen molar-refractivity contribution in [2.24, 2.45) is 5.41 Å². The molecule has 12 heteroatoms. The van der Waals surface area contributed by atoms with Gasteiger partial charge in [0, 0.05) is 6.61 Å². The number of hydrogen-bond acceptors (Lipinski definition) is 9.